The van der Waals surface area contributed by atoms with Crippen molar-refractivity contribution in [3.05, 3.63) is 74.3 Å². The molecule has 36 heavy (non-hydrogen) atoms. The number of para-hydroxylation sites is 1. The average Bonchev–Trinajstić information content (AvgIpc) is 3.50. The van der Waals surface area contributed by atoms with Crippen molar-refractivity contribution < 1.29 is 4.79 Å². The molecule has 0 spiro atoms. The average molecular weight is 525 g/mol. The van der Waals surface area contributed by atoms with Gasteiger partial charge in [-0.2, -0.15) is 0 Å². The van der Waals surface area contributed by atoms with Gasteiger partial charge in [-0.15, -0.1) is 0 Å². The number of H-pyrrole nitrogens is 1. The van der Waals surface area contributed by atoms with Crippen molar-refractivity contribution in [3.63, 3.8) is 0 Å². The molecule has 0 bridgehead atoms. The number of fused-ring (bicyclic) bond motifs is 3. The Hall–Kier alpha value is -3.33. The Bertz CT molecular complexity index is 1550. The highest BCUT2D eigenvalue weighted by molar-refractivity contribution is 6.39. The van der Waals surface area contributed by atoms with E-state index in [0.717, 1.165) is 36.0 Å². The summed E-state index contributed by atoms with van der Waals surface area (Å²) >= 11 is 12.6. The molecule has 0 unspecified atom stereocenters. The number of nitrogens with zero attached hydrogens (tertiary/aromatic N) is 2. The van der Waals surface area contributed by atoms with Crippen LogP contribution in [-0.4, -0.2) is 33.0 Å². The fourth-order valence-electron chi connectivity index (χ4n) is 4.67. The Labute approximate surface area is 217 Å². The summed E-state index contributed by atoms with van der Waals surface area (Å²) in [6.07, 6.45) is 5.83. The van der Waals surface area contributed by atoms with E-state index in [0.29, 0.717) is 44.5 Å². The van der Waals surface area contributed by atoms with Crippen molar-refractivity contribution in [1.82, 2.24) is 25.2 Å². The third-order valence-electron chi connectivity index (χ3n) is 6.63. The summed E-state index contributed by atoms with van der Waals surface area (Å²) in [5.41, 5.74) is 3.49. The van der Waals surface area contributed by atoms with Crippen molar-refractivity contribution in [2.75, 3.05) is 11.9 Å². The first-order chi connectivity index (χ1) is 17.3. The molecule has 1 aliphatic heterocycles. The molecule has 5 rings (SSSR count). The van der Waals surface area contributed by atoms with Crippen molar-refractivity contribution in [2.45, 2.75) is 32.2 Å². The van der Waals surface area contributed by atoms with Gasteiger partial charge in [0.1, 0.15) is 0 Å². The number of rotatable bonds is 6. The number of pyridine rings is 1. The van der Waals surface area contributed by atoms with E-state index in [1.807, 2.05) is 36.7 Å². The highest BCUT2D eigenvalue weighted by Gasteiger charge is 2.21. The number of hydrogen-bond acceptors (Lipinski definition) is 5. The number of imidazole rings is 1. The van der Waals surface area contributed by atoms with E-state index in [2.05, 4.69) is 25.9 Å². The fraction of sp³-hybridized carbons (Fsp3) is 0.269. The molecule has 0 aliphatic carbocycles. The Morgan fingerprint density at radius 2 is 2.03 bits per heavy atom. The monoisotopic (exact) mass is 524 g/mol. The normalized spacial score (nSPS) is 15.8. The lowest BCUT2D eigenvalue weighted by Crippen LogP contribution is -2.38. The second-order valence-electron chi connectivity index (χ2n) is 8.89. The van der Waals surface area contributed by atoms with Gasteiger partial charge in [-0.3, -0.25) is 9.59 Å². The third-order valence-corrected chi connectivity index (χ3v) is 7.26. The molecule has 2 aromatic heterocycles. The maximum Gasteiger partial charge on any atom is 0.258 e. The predicted octanol–water partition coefficient (Wildman–Crippen LogP) is 4.70. The van der Waals surface area contributed by atoms with Crippen LogP contribution in [0, 0.1) is 6.92 Å². The lowest BCUT2D eigenvalue weighted by molar-refractivity contribution is -0.121. The van der Waals surface area contributed by atoms with Crippen LogP contribution in [0.15, 0.2) is 47.4 Å². The number of aromatic nitrogens is 3. The van der Waals surface area contributed by atoms with Crippen LogP contribution in [0.1, 0.15) is 24.1 Å². The van der Waals surface area contributed by atoms with Crippen molar-refractivity contribution in [3.8, 4) is 0 Å². The largest absolute Gasteiger partial charge is 0.332 e. The molecule has 1 aliphatic rings. The van der Waals surface area contributed by atoms with E-state index in [1.165, 1.54) is 0 Å². The molecule has 0 saturated carbocycles. The maximum atomic E-state index is 13.2. The van der Waals surface area contributed by atoms with E-state index in [1.54, 1.807) is 24.4 Å². The molecule has 4 aromatic rings. The molecule has 4 N–H and O–H groups in total. The van der Waals surface area contributed by atoms with Gasteiger partial charge in [0.25, 0.3) is 5.56 Å². The fourth-order valence-corrected chi connectivity index (χ4v) is 5.17. The number of carbonyl (C=O) groups excluding carboxylic acids is 1. The summed E-state index contributed by atoms with van der Waals surface area (Å²) in [5.74, 6) is 0.484. The first kappa shape index (κ1) is 24.4. The smallest absolute Gasteiger partial charge is 0.258 e. The Morgan fingerprint density at radius 3 is 2.75 bits per heavy atom. The summed E-state index contributed by atoms with van der Waals surface area (Å²) in [7, 11) is 1.84. The molecule has 10 heteroatoms. The summed E-state index contributed by atoms with van der Waals surface area (Å²) in [6, 6.07) is 8.95. The summed E-state index contributed by atoms with van der Waals surface area (Å²) in [5, 5.41) is 11.5. The van der Waals surface area contributed by atoms with E-state index in [4.69, 9.17) is 23.2 Å². The number of aromatic amines is 1. The summed E-state index contributed by atoms with van der Waals surface area (Å²) in [4.78, 5) is 33.1. The first-order valence-corrected chi connectivity index (χ1v) is 12.5. The van der Waals surface area contributed by atoms with Crippen molar-refractivity contribution >= 4 is 62.6 Å². The molecule has 186 valence electrons. The van der Waals surface area contributed by atoms with Gasteiger partial charge in [-0.05, 0) is 55.5 Å². The van der Waals surface area contributed by atoms with E-state index >= 15 is 0 Å². The van der Waals surface area contributed by atoms with Crippen LogP contribution < -0.4 is 21.5 Å². The van der Waals surface area contributed by atoms with Crippen LogP contribution in [0.5, 0.6) is 0 Å². The highest BCUT2D eigenvalue weighted by Crippen LogP contribution is 2.34. The van der Waals surface area contributed by atoms with E-state index < -0.39 is 0 Å². The second-order valence-corrected chi connectivity index (χ2v) is 9.71. The quantitative estimate of drug-likeness (QED) is 0.292. The van der Waals surface area contributed by atoms with Crippen LogP contribution in [0.3, 0.4) is 0 Å². The number of halogens is 2. The molecule has 8 nitrogen and oxygen atoms in total. The first-order valence-electron chi connectivity index (χ1n) is 11.8. The van der Waals surface area contributed by atoms with Gasteiger partial charge in [0.05, 0.1) is 38.2 Å². The minimum Gasteiger partial charge on any atom is -0.332 e. The number of allylic oxidation sites excluding steroid dienone is 1. The number of hydrogen-bond donors (Lipinski definition) is 4. The minimum absolute atomic E-state index is 0.0337. The van der Waals surface area contributed by atoms with Crippen LogP contribution in [0.4, 0.5) is 11.6 Å². The molecule has 1 saturated heterocycles. The minimum atomic E-state index is -0.200. The van der Waals surface area contributed by atoms with E-state index in [9.17, 15) is 9.59 Å². The maximum absolute atomic E-state index is 13.2. The van der Waals surface area contributed by atoms with Crippen molar-refractivity contribution in [2.24, 2.45) is 7.05 Å². The molecular formula is C26H26Cl2N6O2. The molecule has 0 radical (unpaired) electrons. The Kier molecular flexibility index (Phi) is 6.75. The van der Waals surface area contributed by atoms with Crippen LogP contribution in [0.25, 0.3) is 21.8 Å². The number of amides is 1. The number of nitrogens with one attached hydrogen (secondary N) is 4. The van der Waals surface area contributed by atoms with Crippen LogP contribution >= 0.6 is 23.2 Å². The highest BCUT2D eigenvalue weighted by atomic mass is 35.5. The molecule has 1 amide bonds. The molecule has 1 atom stereocenters. The number of aryl methyl sites for hydroxylation is 2. The lowest BCUT2D eigenvalue weighted by Gasteiger charge is -2.11. The molecule has 3 heterocycles. The van der Waals surface area contributed by atoms with Gasteiger partial charge in [-0.25, -0.2) is 4.98 Å². The summed E-state index contributed by atoms with van der Waals surface area (Å²) in [6.45, 7) is 2.85. The molecule has 2 aromatic carbocycles. The predicted molar refractivity (Wildman–Crippen MR) is 145 cm³/mol. The Balaban J connectivity index is 1.46. The van der Waals surface area contributed by atoms with Gasteiger partial charge in [0.15, 0.2) is 0 Å². The number of benzene rings is 2. The SMILES string of the molecule is Cc1c(C/C=C/NC(=O)[C@@H]2CCCN2)[nH]c(=O)c2c1ccc1nc(Nc3c(Cl)cccc3Cl)n(C)c12. The van der Waals surface area contributed by atoms with Gasteiger partial charge in [0.2, 0.25) is 11.9 Å². The lowest BCUT2D eigenvalue weighted by atomic mass is 10.0. The van der Waals surface area contributed by atoms with Crippen LogP contribution in [-0.2, 0) is 18.3 Å². The zero-order valence-electron chi connectivity index (χ0n) is 19.9. The second kappa shape index (κ2) is 9.97. The van der Waals surface area contributed by atoms with E-state index in [-0.39, 0.29) is 17.5 Å². The van der Waals surface area contributed by atoms with Crippen LogP contribution in [0.2, 0.25) is 10.0 Å². The number of anilines is 2. The molecular weight excluding hydrogens is 499 g/mol. The van der Waals surface area contributed by atoms with Gasteiger partial charge in [0, 0.05) is 25.4 Å². The topological polar surface area (TPSA) is 104 Å². The molecule has 1 fully saturated rings. The van der Waals surface area contributed by atoms with Gasteiger partial charge < -0.3 is 25.5 Å². The van der Waals surface area contributed by atoms with Crippen molar-refractivity contribution in [1.29, 1.82) is 0 Å². The Morgan fingerprint density at radius 1 is 1.25 bits per heavy atom. The van der Waals surface area contributed by atoms with Gasteiger partial charge in [-0.1, -0.05) is 41.4 Å². The standard InChI is InChI=1S/C26H26Cl2N6O2/c1-14-15-10-11-19-23(34(2)26(32-19)33-22-16(27)6-3-7-17(22)28)21(15)25(36)31-18(14)8-4-13-30-24(35)20-9-5-12-29-20/h3-4,6-7,10-11,13,20,29H,5,8-9,12H2,1-2H3,(H,30,35)(H,31,36)(H,32,33)/b13-4+/t20-/m0/s1. The zero-order valence-corrected chi connectivity index (χ0v) is 21.4. The van der Waals surface area contributed by atoms with Gasteiger partial charge >= 0.3 is 0 Å². The number of carbonyl (C=O) groups is 1. The third kappa shape index (κ3) is 4.48. The summed E-state index contributed by atoms with van der Waals surface area (Å²) < 4.78 is 1.83. The zero-order chi connectivity index (χ0) is 25.4.